The van der Waals surface area contributed by atoms with E-state index in [1.165, 1.54) is 5.69 Å². The standard InChI is InChI=1S/C13H19NO2/c1-10-9-14(7-8-16-10)13-5-3-12(4-6-13)11(2)15/h3-6,10-11,15H,7-9H2,1-2H3/t10?,11-/m0/s1. The van der Waals surface area contributed by atoms with Crippen LogP contribution in [-0.4, -0.2) is 30.9 Å². The number of ether oxygens (including phenoxy) is 1. The smallest absolute Gasteiger partial charge is 0.0761 e. The van der Waals surface area contributed by atoms with E-state index in [0.717, 1.165) is 25.3 Å². The van der Waals surface area contributed by atoms with Gasteiger partial charge in [-0.05, 0) is 31.5 Å². The molecular formula is C13H19NO2. The molecule has 1 aliphatic rings. The third kappa shape index (κ3) is 2.54. The van der Waals surface area contributed by atoms with E-state index in [0.29, 0.717) is 6.10 Å². The lowest BCUT2D eigenvalue weighted by molar-refractivity contribution is 0.0532. The fraction of sp³-hybridized carbons (Fsp3) is 0.538. The van der Waals surface area contributed by atoms with Crippen LogP contribution in [0.1, 0.15) is 25.5 Å². The van der Waals surface area contributed by atoms with Crippen LogP contribution in [-0.2, 0) is 4.74 Å². The van der Waals surface area contributed by atoms with Gasteiger partial charge in [-0.1, -0.05) is 12.1 Å². The first kappa shape index (κ1) is 11.4. The molecule has 16 heavy (non-hydrogen) atoms. The lowest BCUT2D eigenvalue weighted by Gasteiger charge is -2.33. The molecule has 88 valence electrons. The Kier molecular flexibility index (Phi) is 3.46. The highest BCUT2D eigenvalue weighted by Gasteiger charge is 2.16. The highest BCUT2D eigenvalue weighted by atomic mass is 16.5. The molecule has 0 bridgehead atoms. The molecule has 1 heterocycles. The number of aliphatic hydroxyl groups is 1. The first-order valence-corrected chi connectivity index (χ1v) is 5.81. The first-order chi connectivity index (χ1) is 7.66. The SMILES string of the molecule is CC1CN(c2ccc([C@H](C)O)cc2)CCO1. The molecule has 1 aromatic rings. The summed E-state index contributed by atoms with van der Waals surface area (Å²) in [5, 5.41) is 9.43. The van der Waals surface area contributed by atoms with Crippen molar-refractivity contribution in [3.63, 3.8) is 0 Å². The minimum atomic E-state index is -0.391. The van der Waals surface area contributed by atoms with Crippen molar-refractivity contribution in [2.45, 2.75) is 26.1 Å². The van der Waals surface area contributed by atoms with Crippen molar-refractivity contribution < 1.29 is 9.84 Å². The highest BCUT2D eigenvalue weighted by molar-refractivity contribution is 5.48. The van der Waals surface area contributed by atoms with Gasteiger partial charge in [-0.2, -0.15) is 0 Å². The molecule has 3 nitrogen and oxygen atoms in total. The van der Waals surface area contributed by atoms with Gasteiger partial charge in [-0.15, -0.1) is 0 Å². The third-order valence-corrected chi connectivity index (χ3v) is 2.98. The van der Waals surface area contributed by atoms with Gasteiger partial charge < -0.3 is 14.7 Å². The molecule has 1 aliphatic heterocycles. The Balaban J connectivity index is 2.09. The van der Waals surface area contributed by atoms with Crippen LogP contribution in [0.2, 0.25) is 0 Å². The molecule has 2 rings (SSSR count). The summed E-state index contributed by atoms with van der Waals surface area (Å²) in [6.45, 7) is 6.55. The molecule has 0 saturated carbocycles. The molecular weight excluding hydrogens is 202 g/mol. The Hall–Kier alpha value is -1.06. The van der Waals surface area contributed by atoms with Gasteiger partial charge in [0.15, 0.2) is 0 Å². The zero-order valence-electron chi connectivity index (χ0n) is 9.89. The Morgan fingerprint density at radius 2 is 2.06 bits per heavy atom. The van der Waals surface area contributed by atoms with E-state index in [4.69, 9.17) is 4.74 Å². The van der Waals surface area contributed by atoms with Crippen LogP contribution in [0, 0.1) is 0 Å². The molecule has 1 N–H and O–H groups in total. The second-order valence-electron chi connectivity index (χ2n) is 4.39. The van der Waals surface area contributed by atoms with Gasteiger partial charge in [0, 0.05) is 18.8 Å². The van der Waals surface area contributed by atoms with Gasteiger partial charge in [-0.3, -0.25) is 0 Å². The molecule has 2 atom stereocenters. The van der Waals surface area contributed by atoms with Crippen LogP contribution in [0.15, 0.2) is 24.3 Å². The lowest BCUT2D eigenvalue weighted by Crippen LogP contribution is -2.41. The van der Waals surface area contributed by atoms with Crippen molar-refractivity contribution in [1.82, 2.24) is 0 Å². The van der Waals surface area contributed by atoms with Crippen LogP contribution in [0.4, 0.5) is 5.69 Å². The fourth-order valence-corrected chi connectivity index (χ4v) is 2.02. The lowest BCUT2D eigenvalue weighted by atomic mass is 10.1. The second-order valence-corrected chi connectivity index (χ2v) is 4.39. The van der Waals surface area contributed by atoms with Crippen LogP contribution in [0.25, 0.3) is 0 Å². The predicted octanol–water partition coefficient (Wildman–Crippen LogP) is 1.97. The van der Waals surface area contributed by atoms with E-state index >= 15 is 0 Å². The summed E-state index contributed by atoms with van der Waals surface area (Å²) in [5.41, 5.74) is 2.17. The highest BCUT2D eigenvalue weighted by Crippen LogP contribution is 2.20. The normalized spacial score (nSPS) is 23.2. The first-order valence-electron chi connectivity index (χ1n) is 5.81. The maximum absolute atomic E-state index is 9.43. The van der Waals surface area contributed by atoms with Crippen molar-refractivity contribution in [2.75, 3.05) is 24.6 Å². The summed E-state index contributed by atoms with van der Waals surface area (Å²) in [6.07, 6.45) is -0.0946. The van der Waals surface area contributed by atoms with Crippen LogP contribution < -0.4 is 4.90 Å². The third-order valence-electron chi connectivity index (χ3n) is 2.98. The minimum Gasteiger partial charge on any atom is -0.389 e. The monoisotopic (exact) mass is 221 g/mol. The van der Waals surface area contributed by atoms with E-state index in [2.05, 4.69) is 24.0 Å². The second kappa shape index (κ2) is 4.85. The number of morpholine rings is 1. The average Bonchev–Trinajstić information content (AvgIpc) is 2.29. The van der Waals surface area contributed by atoms with Gasteiger partial charge in [0.25, 0.3) is 0 Å². The molecule has 0 aliphatic carbocycles. The van der Waals surface area contributed by atoms with Crippen molar-refractivity contribution >= 4 is 5.69 Å². The Morgan fingerprint density at radius 3 is 2.62 bits per heavy atom. The molecule has 0 radical (unpaired) electrons. The van der Waals surface area contributed by atoms with Gasteiger partial charge in [0.05, 0.1) is 18.8 Å². The predicted molar refractivity (Wildman–Crippen MR) is 64.7 cm³/mol. The van der Waals surface area contributed by atoms with Gasteiger partial charge in [0.1, 0.15) is 0 Å². The fourth-order valence-electron chi connectivity index (χ4n) is 2.02. The summed E-state index contributed by atoms with van der Waals surface area (Å²) in [4.78, 5) is 2.32. The molecule has 1 unspecified atom stereocenters. The number of rotatable bonds is 2. The molecule has 1 fully saturated rings. The summed E-state index contributed by atoms with van der Waals surface area (Å²) in [5.74, 6) is 0. The van der Waals surface area contributed by atoms with Gasteiger partial charge in [0.2, 0.25) is 0 Å². The van der Waals surface area contributed by atoms with Crippen molar-refractivity contribution in [3.05, 3.63) is 29.8 Å². The molecule has 1 aromatic carbocycles. The number of nitrogens with zero attached hydrogens (tertiary/aromatic N) is 1. The average molecular weight is 221 g/mol. The summed E-state index contributed by atoms with van der Waals surface area (Å²) in [7, 11) is 0. The molecule has 1 saturated heterocycles. The Labute approximate surface area is 96.6 Å². The van der Waals surface area contributed by atoms with Crippen molar-refractivity contribution in [3.8, 4) is 0 Å². The van der Waals surface area contributed by atoms with Crippen LogP contribution in [0.5, 0.6) is 0 Å². The van der Waals surface area contributed by atoms with Gasteiger partial charge in [-0.25, -0.2) is 0 Å². The zero-order chi connectivity index (χ0) is 11.5. The van der Waals surface area contributed by atoms with E-state index in [-0.39, 0.29) is 0 Å². The number of hydrogen-bond donors (Lipinski definition) is 1. The molecule has 0 aromatic heterocycles. The molecule has 0 amide bonds. The minimum absolute atomic E-state index is 0.296. The van der Waals surface area contributed by atoms with E-state index in [1.807, 2.05) is 12.1 Å². The summed E-state index contributed by atoms with van der Waals surface area (Å²) >= 11 is 0. The summed E-state index contributed by atoms with van der Waals surface area (Å²) in [6, 6.07) is 8.11. The van der Waals surface area contributed by atoms with Crippen LogP contribution >= 0.6 is 0 Å². The maximum atomic E-state index is 9.43. The van der Waals surface area contributed by atoms with Crippen LogP contribution in [0.3, 0.4) is 0 Å². The number of aliphatic hydroxyl groups excluding tert-OH is 1. The van der Waals surface area contributed by atoms with E-state index in [9.17, 15) is 5.11 Å². The van der Waals surface area contributed by atoms with Gasteiger partial charge >= 0.3 is 0 Å². The topological polar surface area (TPSA) is 32.7 Å². The van der Waals surface area contributed by atoms with E-state index < -0.39 is 6.10 Å². The summed E-state index contributed by atoms with van der Waals surface area (Å²) < 4.78 is 5.51. The number of benzene rings is 1. The maximum Gasteiger partial charge on any atom is 0.0761 e. The Bertz CT molecular complexity index is 334. The van der Waals surface area contributed by atoms with E-state index in [1.54, 1.807) is 6.92 Å². The van der Waals surface area contributed by atoms with Crippen molar-refractivity contribution in [2.24, 2.45) is 0 Å². The van der Waals surface area contributed by atoms with Crippen molar-refractivity contribution in [1.29, 1.82) is 0 Å². The Morgan fingerprint density at radius 1 is 1.38 bits per heavy atom. The quantitative estimate of drug-likeness (QED) is 0.828. The molecule has 3 heteroatoms. The number of anilines is 1. The number of hydrogen-bond acceptors (Lipinski definition) is 3. The zero-order valence-corrected chi connectivity index (χ0v) is 9.89. The largest absolute Gasteiger partial charge is 0.389 e. The molecule has 0 spiro atoms.